The first kappa shape index (κ1) is 31.3. The van der Waals surface area contributed by atoms with Gasteiger partial charge in [0.05, 0.1) is 12.2 Å². The van der Waals surface area contributed by atoms with Crippen molar-refractivity contribution in [2.75, 3.05) is 23.3 Å². The summed E-state index contributed by atoms with van der Waals surface area (Å²) in [5.74, 6) is -0.373. The zero-order valence-corrected chi connectivity index (χ0v) is 25.5. The molecule has 230 valence electrons. The maximum absolute atomic E-state index is 13.9. The van der Waals surface area contributed by atoms with Crippen molar-refractivity contribution in [3.63, 3.8) is 0 Å². The van der Waals surface area contributed by atoms with Crippen molar-refractivity contribution < 1.29 is 19.1 Å². The number of aromatic nitrogens is 4. The molecule has 3 aromatic rings. The Hall–Kier alpha value is -4.68. The first-order valence-corrected chi connectivity index (χ1v) is 14.3. The van der Waals surface area contributed by atoms with Gasteiger partial charge in [-0.25, -0.2) is 9.59 Å². The number of para-hydroxylation sites is 1. The van der Waals surface area contributed by atoms with E-state index in [4.69, 9.17) is 9.72 Å². The number of carbonyl (C=O) groups is 3. The van der Waals surface area contributed by atoms with Gasteiger partial charge in [-0.3, -0.25) is 23.5 Å². The van der Waals surface area contributed by atoms with E-state index >= 15 is 0 Å². The van der Waals surface area contributed by atoms with Gasteiger partial charge in [-0.2, -0.15) is 4.98 Å². The molecular formula is C30H39N7O6. The van der Waals surface area contributed by atoms with Gasteiger partial charge in [-0.05, 0) is 52.7 Å². The largest absolute Gasteiger partial charge is 0.444 e. The number of imidazole rings is 1. The van der Waals surface area contributed by atoms with E-state index in [0.717, 1.165) is 17.4 Å². The molecule has 2 amide bonds. The Morgan fingerprint density at radius 3 is 2.53 bits per heavy atom. The minimum Gasteiger partial charge on any atom is -0.444 e. The summed E-state index contributed by atoms with van der Waals surface area (Å²) < 4.78 is 9.32. The van der Waals surface area contributed by atoms with Crippen molar-refractivity contribution in [3.05, 3.63) is 62.8 Å². The lowest BCUT2D eigenvalue weighted by Crippen LogP contribution is -2.49. The third-order valence-electron chi connectivity index (χ3n) is 7.00. The Labute approximate surface area is 249 Å². The number of ether oxygens (including phenoxy) is 1. The van der Waals surface area contributed by atoms with Crippen LogP contribution in [0.1, 0.15) is 57.8 Å². The standard InChI is InChI=1S/C30H39N7O6/c1-7-8-16-36-24-25(33-27(36)35-15-11-12-20(17-35)32-28(41)43-30(3,4)5)34(6)29(42)37(26(24)40)18-23(39)21-13-9-10-14-22(21)31-19(2)38/h7-10,13-14,20H,11-12,15-18H2,1-6H3,(H,31,38)(H,32,41)/b8-7+/t20-/m1/s1. The van der Waals surface area contributed by atoms with Gasteiger partial charge in [-0.15, -0.1) is 0 Å². The Bertz CT molecular complexity index is 1690. The number of hydrogen-bond donors (Lipinski definition) is 2. The highest BCUT2D eigenvalue weighted by Gasteiger charge is 2.29. The van der Waals surface area contributed by atoms with Gasteiger partial charge in [0.25, 0.3) is 5.56 Å². The average Bonchev–Trinajstić information content (AvgIpc) is 3.31. The summed E-state index contributed by atoms with van der Waals surface area (Å²) in [7, 11) is 1.51. The Balaban J connectivity index is 1.74. The molecule has 3 heterocycles. The number of hydrogen-bond acceptors (Lipinski definition) is 8. The van der Waals surface area contributed by atoms with E-state index in [2.05, 4.69) is 10.6 Å². The van der Waals surface area contributed by atoms with Crippen LogP contribution in [-0.4, -0.2) is 61.2 Å². The van der Waals surface area contributed by atoms with Crippen molar-refractivity contribution >= 4 is 40.6 Å². The molecule has 1 fully saturated rings. The van der Waals surface area contributed by atoms with Crippen LogP contribution >= 0.6 is 0 Å². The number of carbonyl (C=O) groups excluding carboxylic acids is 3. The van der Waals surface area contributed by atoms with Crippen molar-refractivity contribution in [2.45, 2.75) is 72.2 Å². The highest BCUT2D eigenvalue weighted by atomic mass is 16.6. The average molecular weight is 594 g/mol. The van der Waals surface area contributed by atoms with E-state index in [9.17, 15) is 24.0 Å². The molecule has 1 saturated heterocycles. The molecule has 0 bridgehead atoms. The Morgan fingerprint density at radius 2 is 1.86 bits per heavy atom. The molecule has 0 saturated carbocycles. The lowest BCUT2D eigenvalue weighted by atomic mass is 10.1. The summed E-state index contributed by atoms with van der Waals surface area (Å²) in [5, 5.41) is 5.54. The molecule has 0 aliphatic carbocycles. The summed E-state index contributed by atoms with van der Waals surface area (Å²) in [6.45, 7) is 9.44. The number of nitrogens with zero attached hydrogens (tertiary/aromatic N) is 5. The van der Waals surface area contributed by atoms with Crippen LogP contribution in [0.15, 0.2) is 46.0 Å². The number of anilines is 2. The lowest BCUT2D eigenvalue weighted by Gasteiger charge is -2.34. The van der Waals surface area contributed by atoms with Crippen molar-refractivity contribution in [1.82, 2.24) is 24.0 Å². The number of Topliss-reactive ketones (excluding diaryl/α,β-unsaturated/α-hetero) is 1. The van der Waals surface area contributed by atoms with Crippen LogP contribution in [0, 0.1) is 0 Å². The van der Waals surface area contributed by atoms with Gasteiger partial charge in [0.15, 0.2) is 16.9 Å². The monoisotopic (exact) mass is 593 g/mol. The Morgan fingerprint density at radius 1 is 1.14 bits per heavy atom. The fourth-order valence-electron chi connectivity index (χ4n) is 5.13. The molecular weight excluding hydrogens is 554 g/mol. The Kier molecular flexibility index (Phi) is 9.22. The normalized spacial score (nSPS) is 15.6. The molecule has 0 spiro atoms. The highest BCUT2D eigenvalue weighted by molar-refractivity contribution is 6.04. The second kappa shape index (κ2) is 12.7. The van der Waals surface area contributed by atoms with Gasteiger partial charge in [0, 0.05) is 45.2 Å². The number of ketones is 1. The summed E-state index contributed by atoms with van der Waals surface area (Å²) in [5.41, 5.74) is -1.10. The van der Waals surface area contributed by atoms with Crippen LogP contribution in [0.3, 0.4) is 0 Å². The van der Waals surface area contributed by atoms with E-state index in [1.165, 1.54) is 24.6 Å². The first-order valence-electron chi connectivity index (χ1n) is 14.3. The quantitative estimate of drug-likeness (QED) is 0.299. The molecule has 1 aromatic carbocycles. The molecule has 13 heteroatoms. The number of rotatable bonds is 8. The minimum atomic E-state index is -0.687. The number of aryl methyl sites for hydroxylation is 1. The second-order valence-electron chi connectivity index (χ2n) is 11.6. The third-order valence-corrected chi connectivity index (χ3v) is 7.00. The van der Waals surface area contributed by atoms with Crippen molar-refractivity contribution in [3.8, 4) is 0 Å². The van der Waals surface area contributed by atoms with Gasteiger partial charge in [0.2, 0.25) is 11.9 Å². The topological polar surface area (TPSA) is 150 Å². The smallest absolute Gasteiger partial charge is 0.407 e. The van der Waals surface area contributed by atoms with E-state index < -0.39 is 35.3 Å². The van der Waals surface area contributed by atoms with Crippen LogP contribution in [0.4, 0.5) is 16.4 Å². The molecule has 4 rings (SSSR count). The van der Waals surface area contributed by atoms with Crippen LogP contribution in [0.5, 0.6) is 0 Å². The number of piperidine rings is 1. The summed E-state index contributed by atoms with van der Waals surface area (Å²) >= 11 is 0. The number of amides is 2. The van der Waals surface area contributed by atoms with Gasteiger partial charge < -0.3 is 24.8 Å². The maximum atomic E-state index is 13.9. The van der Waals surface area contributed by atoms with Crippen molar-refractivity contribution in [1.29, 1.82) is 0 Å². The molecule has 0 radical (unpaired) electrons. The summed E-state index contributed by atoms with van der Waals surface area (Å²) in [6, 6.07) is 6.23. The van der Waals surface area contributed by atoms with Crippen LogP contribution in [0.25, 0.3) is 11.2 Å². The number of allylic oxidation sites excluding steroid dienone is 2. The fraction of sp³-hybridized carbons (Fsp3) is 0.467. The zero-order chi connectivity index (χ0) is 31.5. The van der Waals surface area contributed by atoms with Gasteiger partial charge >= 0.3 is 11.8 Å². The highest BCUT2D eigenvalue weighted by Crippen LogP contribution is 2.24. The van der Waals surface area contributed by atoms with Crippen LogP contribution < -0.4 is 26.8 Å². The van der Waals surface area contributed by atoms with Crippen LogP contribution in [-0.2, 0) is 29.7 Å². The predicted octanol–water partition coefficient (Wildman–Crippen LogP) is 2.81. The fourth-order valence-corrected chi connectivity index (χ4v) is 5.13. The molecule has 2 aromatic heterocycles. The molecule has 43 heavy (non-hydrogen) atoms. The van der Waals surface area contributed by atoms with E-state index in [1.807, 2.05) is 24.0 Å². The summed E-state index contributed by atoms with van der Waals surface area (Å²) in [6.07, 6.45) is 4.73. The van der Waals surface area contributed by atoms with E-state index in [1.54, 1.807) is 43.5 Å². The van der Waals surface area contributed by atoms with Gasteiger partial charge in [-0.1, -0.05) is 24.3 Å². The second-order valence-corrected chi connectivity index (χ2v) is 11.6. The van der Waals surface area contributed by atoms with E-state index in [0.29, 0.717) is 31.3 Å². The number of benzene rings is 1. The molecule has 13 nitrogen and oxygen atoms in total. The van der Waals surface area contributed by atoms with E-state index in [-0.39, 0.29) is 28.7 Å². The molecule has 2 N–H and O–H groups in total. The zero-order valence-electron chi connectivity index (χ0n) is 25.5. The number of fused-ring (bicyclic) bond motifs is 1. The predicted molar refractivity (Wildman–Crippen MR) is 164 cm³/mol. The minimum absolute atomic E-state index is 0.181. The lowest BCUT2D eigenvalue weighted by molar-refractivity contribution is -0.114. The molecule has 1 aliphatic rings. The first-order chi connectivity index (χ1) is 20.3. The van der Waals surface area contributed by atoms with Gasteiger partial charge in [0.1, 0.15) is 5.60 Å². The molecule has 0 unspecified atom stereocenters. The number of alkyl carbamates (subject to hydrolysis) is 1. The van der Waals surface area contributed by atoms with Crippen molar-refractivity contribution in [2.24, 2.45) is 7.05 Å². The number of nitrogens with one attached hydrogen (secondary N) is 2. The molecule has 1 aliphatic heterocycles. The SMILES string of the molecule is C/C=C/Cn1c(N2CCC[C@@H](NC(=O)OC(C)(C)C)C2)nc2c1c(=O)n(CC(=O)c1ccccc1NC(C)=O)c(=O)n2C. The van der Waals surface area contributed by atoms with Crippen LogP contribution in [0.2, 0.25) is 0 Å². The third kappa shape index (κ3) is 7.04. The molecule has 1 atom stereocenters. The summed E-state index contributed by atoms with van der Waals surface area (Å²) in [4.78, 5) is 71.5. The maximum Gasteiger partial charge on any atom is 0.407 e.